The molecule has 9 heteroatoms. The Labute approximate surface area is 337 Å². The van der Waals surface area contributed by atoms with Crippen LogP contribution in [-0.2, 0) is 20.6 Å². The lowest BCUT2D eigenvalue weighted by Crippen LogP contribution is -2.37. The van der Waals surface area contributed by atoms with E-state index in [1.807, 2.05) is 32.0 Å². The third-order valence-electron chi connectivity index (χ3n) is 13.1. The number of hydrogen-bond donors (Lipinski definition) is 2. The Hall–Kier alpha value is -4.53. The van der Waals surface area contributed by atoms with E-state index in [4.69, 9.17) is 18.9 Å². The van der Waals surface area contributed by atoms with Gasteiger partial charge >= 0.3 is 12.2 Å². The minimum absolute atomic E-state index is 0.0737. The van der Waals surface area contributed by atoms with Crippen LogP contribution < -0.4 is 20.1 Å². The molecule has 4 aromatic carbocycles. The van der Waals surface area contributed by atoms with Crippen molar-refractivity contribution in [1.29, 1.82) is 0 Å². The SMILES string of the molecule is CC(C)(C)C1CCC(Oc2ccc3cc([C@]4(C)COC(=O)N4)ccc3c2)CC1.CC(C)(C)C1CCC(Oc2ccc3cc([C@]4(C)COC(=O)N4)ccc3c2F)CC1. The van der Waals surface area contributed by atoms with Crippen molar-refractivity contribution < 1.29 is 32.9 Å². The fourth-order valence-corrected chi connectivity index (χ4v) is 9.14. The highest BCUT2D eigenvalue weighted by Gasteiger charge is 2.38. The maximum Gasteiger partial charge on any atom is 0.408 e. The number of benzene rings is 4. The van der Waals surface area contributed by atoms with Crippen molar-refractivity contribution in [2.24, 2.45) is 22.7 Å². The standard InChI is InChI=1S/C24H30FNO3.C24H31NO3/c1-23(2,3)16-6-9-18(10-7-16)29-20-12-5-15-13-17(8-11-19(15)21(20)25)24(4)14-28-22(27)26-24;1-23(2,3)18-8-11-20(12-9-18)28-21-10-6-16-13-19(7-5-17(16)14-21)24(4)15-27-22(26)25-24/h5,8,11-13,16,18H,6-7,9-10,14H2,1-4H3,(H,26,27);5-7,10,13-14,18,20H,8-9,11-12,15H2,1-4H3,(H,25,26)/t16?,18?,24-;18?,20?,24-/m00/s1. The van der Waals surface area contributed by atoms with Crippen molar-refractivity contribution >= 4 is 33.7 Å². The zero-order chi connectivity index (χ0) is 40.8. The highest BCUT2D eigenvalue weighted by atomic mass is 19.1. The monoisotopic (exact) mass is 780 g/mol. The minimum atomic E-state index is -0.595. The summed E-state index contributed by atoms with van der Waals surface area (Å²) in [6.45, 7) is 18.4. The van der Waals surface area contributed by atoms with E-state index in [2.05, 4.69) is 88.6 Å². The molecule has 2 heterocycles. The molecule has 57 heavy (non-hydrogen) atoms. The second-order valence-corrected chi connectivity index (χ2v) is 19.5. The number of carbonyl (C=O) groups is 2. The molecule has 4 aliphatic rings. The number of cyclic esters (lactones) is 2. The van der Waals surface area contributed by atoms with Crippen molar-refractivity contribution in [2.75, 3.05) is 13.2 Å². The van der Waals surface area contributed by atoms with E-state index in [1.54, 1.807) is 12.1 Å². The van der Waals surface area contributed by atoms with Crippen LogP contribution >= 0.6 is 0 Å². The van der Waals surface area contributed by atoms with E-state index in [0.29, 0.717) is 40.6 Å². The van der Waals surface area contributed by atoms with Gasteiger partial charge in [-0.05, 0) is 145 Å². The molecule has 2 atom stereocenters. The van der Waals surface area contributed by atoms with E-state index in [0.717, 1.165) is 77.5 Å². The summed E-state index contributed by atoms with van der Waals surface area (Å²) < 4.78 is 37.7. The smallest absolute Gasteiger partial charge is 0.408 e. The molecule has 0 bridgehead atoms. The molecule has 2 aliphatic carbocycles. The Morgan fingerprint density at radius 1 is 0.596 bits per heavy atom. The highest BCUT2D eigenvalue weighted by Crippen LogP contribution is 2.41. The van der Waals surface area contributed by atoms with Crippen LogP contribution in [0.3, 0.4) is 0 Å². The van der Waals surface area contributed by atoms with Crippen molar-refractivity contribution in [3.05, 3.63) is 83.7 Å². The van der Waals surface area contributed by atoms with Crippen LogP contribution in [0, 0.1) is 28.5 Å². The lowest BCUT2D eigenvalue weighted by atomic mass is 9.72. The van der Waals surface area contributed by atoms with Gasteiger partial charge in [-0.2, -0.15) is 0 Å². The lowest BCUT2D eigenvalue weighted by molar-refractivity contribution is 0.0856. The number of alkyl carbamates (subject to hydrolysis) is 2. The van der Waals surface area contributed by atoms with Crippen LogP contribution in [-0.4, -0.2) is 37.6 Å². The van der Waals surface area contributed by atoms with Crippen LogP contribution in [0.4, 0.5) is 14.0 Å². The normalized spacial score (nSPS) is 27.8. The molecule has 0 aromatic heterocycles. The first-order chi connectivity index (χ1) is 26.9. The molecular formula is C48H61FN2O6. The maximum atomic E-state index is 15.1. The summed E-state index contributed by atoms with van der Waals surface area (Å²) in [5.74, 6) is 2.45. The van der Waals surface area contributed by atoms with Gasteiger partial charge in [0.1, 0.15) is 19.0 Å². The molecule has 2 amide bonds. The number of carbonyl (C=O) groups excluding carboxylic acids is 2. The fraction of sp³-hybridized carbons (Fsp3) is 0.542. The number of nitrogens with one attached hydrogen (secondary N) is 2. The zero-order valence-electron chi connectivity index (χ0n) is 35.1. The highest BCUT2D eigenvalue weighted by molar-refractivity contribution is 5.86. The largest absolute Gasteiger partial charge is 0.490 e. The Kier molecular flexibility index (Phi) is 11.2. The van der Waals surface area contributed by atoms with Crippen molar-refractivity contribution in [1.82, 2.24) is 10.6 Å². The molecule has 2 N–H and O–H groups in total. The predicted octanol–water partition coefficient (Wildman–Crippen LogP) is 11.7. The second kappa shape index (κ2) is 15.7. The van der Waals surface area contributed by atoms with Gasteiger partial charge in [0.25, 0.3) is 0 Å². The molecule has 0 radical (unpaired) electrons. The van der Waals surface area contributed by atoms with Crippen LogP contribution in [0.2, 0.25) is 0 Å². The van der Waals surface area contributed by atoms with E-state index in [-0.39, 0.29) is 24.6 Å². The Balaban J connectivity index is 0.000000174. The van der Waals surface area contributed by atoms with Gasteiger partial charge in [-0.15, -0.1) is 0 Å². The summed E-state index contributed by atoms with van der Waals surface area (Å²) in [4.78, 5) is 22.9. The van der Waals surface area contributed by atoms with Gasteiger partial charge < -0.3 is 29.6 Å². The lowest BCUT2D eigenvalue weighted by Gasteiger charge is -2.37. The maximum absolute atomic E-state index is 15.1. The van der Waals surface area contributed by atoms with Crippen molar-refractivity contribution in [3.8, 4) is 11.5 Å². The van der Waals surface area contributed by atoms with Gasteiger partial charge in [0.05, 0.1) is 23.3 Å². The van der Waals surface area contributed by atoms with Gasteiger partial charge in [-0.25, -0.2) is 14.0 Å². The molecule has 8 rings (SSSR count). The summed E-state index contributed by atoms with van der Waals surface area (Å²) in [6, 6.07) is 21.7. The average Bonchev–Trinajstić information content (AvgIpc) is 3.72. The fourth-order valence-electron chi connectivity index (χ4n) is 9.14. The van der Waals surface area contributed by atoms with Crippen molar-refractivity contribution in [3.63, 3.8) is 0 Å². The van der Waals surface area contributed by atoms with Gasteiger partial charge in [-0.1, -0.05) is 77.9 Å². The Morgan fingerprint density at radius 3 is 1.56 bits per heavy atom. The molecule has 0 unspecified atom stereocenters. The molecule has 306 valence electrons. The topological polar surface area (TPSA) is 95.1 Å². The van der Waals surface area contributed by atoms with Crippen LogP contribution in [0.25, 0.3) is 21.5 Å². The molecule has 2 saturated heterocycles. The number of hydrogen-bond acceptors (Lipinski definition) is 6. The van der Waals surface area contributed by atoms with Gasteiger partial charge in [-0.3, -0.25) is 0 Å². The van der Waals surface area contributed by atoms with E-state index < -0.39 is 17.2 Å². The average molecular weight is 781 g/mol. The molecule has 2 aliphatic heterocycles. The number of ether oxygens (including phenoxy) is 4. The quantitative estimate of drug-likeness (QED) is 0.202. The van der Waals surface area contributed by atoms with E-state index in [1.165, 1.54) is 12.8 Å². The summed E-state index contributed by atoms with van der Waals surface area (Å²) >= 11 is 0. The number of halogens is 1. The third kappa shape index (κ3) is 9.13. The Bertz CT molecular complexity index is 2110. The number of fused-ring (bicyclic) bond motifs is 2. The molecule has 8 nitrogen and oxygen atoms in total. The zero-order valence-corrected chi connectivity index (χ0v) is 35.1. The van der Waals surface area contributed by atoms with Crippen molar-refractivity contribution in [2.45, 2.75) is 130 Å². The molecule has 0 spiro atoms. The van der Waals surface area contributed by atoms with Crippen LogP contribution in [0.1, 0.15) is 118 Å². The molecule has 4 fully saturated rings. The summed E-state index contributed by atoms with van der Waals surface area (Å²) in [5.41, 5.74) is 1.60. The molecular weight excluding hydrogens is 720 g/mol. The first-order valence-electron chi connectivity index (χ1n) is 20.9. The predicted molar refractivity (Wildman–Crippen MR) is 223 cm³/mol. The minimum Gasteiger partial charge on any atom is -0.490 e. The second-order valence-electron chi connectivity index (χ2n) is 19.5. The summed E-state index contributed by atoms with van der Waals surface area (Å²) in [5, 5.41) is 9.34. The molecule has 4 aromatic rings. The van der Waals surface area contributed by atoms with Crippen LogP contribution in [0.5, 0.6) is 11.5 Å². The van der Waals surface area contributed by atoms with Gasteiger partial charge in [0.15, 0.2) is 11.6 Å². The number of rotatable bonds is 6. The van der Waals surface area contributed by atoms with Crippen LogP contribution in [0.15, 0.2) is 66.7 Å². The first-order valence-corrected chi connectivity index (χ1v) is 20.9. The molecule has 2 saturated carbocycles. The summed E-state index contributed by atoms with van der Waals surface area (Å²) in [7, 11) is 0. The third-order valence-corrected chi connectivity index (χ3v) is 13.1. The summed E-state index contributed by atoms with van der Waals surface area (Å²) in [6.07, 6.45) is 8.56. The van der Waals surface area contributed by atoms with Gasteiger partial charge in [0, 0.05) is 5.39 Å². The first kappa shape index (κ1) is 40.7. The number of amides is 2. The van der Waals surface area contributed by atoms with Gasteiger partial charge in [0.2, 0.25) is 0 Å². The Morgan fingerprint density at radius 2 is 1.05 bits per heavy atom. The van der Waals surface area contributed by atoms with E-state index >= 15 is 4.39 Å². The van der Waals surface area contributed by atoms with E-state index in [9.17, 15) is 9.59 Å².